The van der Waals surface area contributed by atoms with Crippen molar-refractivity contribution in [3.63, 3.8) is 0 Å². The number of carbonyl (C=O) groups is 1. The quantitative estimate of drug-likeness (QED) is 0.641. The number of amides is 1. The molecule has 4 heteroatoms. The van der Waals surface area contributed by atoms with Gasteiger partial charge in [-0.3, -0.25) is 9.69 Å². The summed E-state index contributed by atoms with van der Waals surface area (Å²) in [5.74, 6) is 0.220. The second-order valence-corrected chi connectivity index (χ2v) is 4.99. The summed E-state index contributed by atoms with van der Waals surface area (Å²) in [6, 6.07) is 1.24. The average molecular weight is 225 g/mol. The molecule has 92 valence electrons. The van der Waals surface area contributed by atoms with Crippen molar-refractivity contribution in [2.45, 2.75) is 44.2 Å². The minimum absolute atomic E-state index is 0.220. The molecule has 1 unspecified atom stereocenters. The van der Waals surface area contributed by atoms with E-state index in [-0.39, 0.29) is 5.91 Å². The molecule has 4 nitrogen and oxygen atoms in total. The van der Waals surface area contributed by atoms with Crippen LogP contribution in [-0.2, 0) is 4.79 Å². The van der Waals surface area contributed by atoms with Crippen molar-refractivity contribution in [2.75, 3.05) is 26.7 Å². The maximum atomic E-state index is 11.6. The van der Waals surface area contributed by atoms with Crippen LogP contribution in [0.1, 0.15) is 32.1 Å². The van der Waals surface area contributed by atoms with E-state index in [4.69, 9.17) is 0 Å². The van der Waals surface area contributed by atoms with Crippen LogP contribution in [0.15, 0.2) is 0 Å². The molecule has 1 heterocycles. The van der Waals surface area contributed by atoms with Crippen LogP contribution >= 0.6 is 0 Å². The monoisotopic (exact) mass is 225 g/mol. The third kappa shape index (κ3) is 3.46. The predicted octanol–water partition coefficient (Wildman–Crippen LogP) is 0.339. The standard InChI is InChI=1S/C12H23N3O/c1-13-7-2-3-12(16)14-10-6-8-15(9-10)11-4-5-11/h10-11,13H,2-9H2,1H3,(H,14,16). The summed E-state index contributed by atoms with van der Waals surface area (Å²) in [6.07, 6.45) is 5.45. The molecule has 1 atom stereocenters. The Bertz CT molecular complexity index is 240. The zero-order chi connectivity index (χ0) is 11.4. The highest BCUT2D eigenvalue weighted by Gasteiger charge is 2.34. The molecular formula is C12H23N3O. The first-order chi connectivity index (χ1) is 7.79. The Labute approximate surface area is 97.8 Å². The molecule has 0 radical (unpaired) electrons. The zero-order valence-electron chi connectivity index (χ0n) is 10.2. The summed E-state index contributed by atoms with van der Waals surface area (Å²) in [7, 11) is 1.92. The van der Waals surface area contributed by atoms with Gasteiger partial charge >= 0.3 is 0 Å². The molecule has 2 N–H and O–H groups in total. The number of nitrogens with zero attached hydrogens (tertiary/aromatic N) is 1. The largest absolute Gasteiger partial charge is 0.352 e. The molecule has 0 aromatic heterocycles. The highest BCUT2D eigenvalue weighted by Crippen LogP contribution is 2.29. The third-order valence-electron chi connectivity index (χ3n) is 3.48. The van der Waals surface area contributed by atoms with Crippen molar-refractivity contribution >= 4 is 5.91 Å². The fraction of sp³-hybridized carbons (Fsp3) is 0.917. The molecule has 16 heavy (non-hydrogen) atoms. The summed E-state index contributed by atoms with van der Waals surface area (Å²) in [5, 5.41) is 6.20. The van der Waals surface area contributed by atoms with Gasteiger partial charge in [0.15, 0.2) is 0 Å². The predicted molar refractivity (Wildman–Crippen MR) is 64.3 cm³/mol. The highest BCUT2D eigenvalue weighted by molar-refractivity contribution is 5.76. The van der Waals surface area contributed by atoms with E-state index in [1.807, 2.05) is 7.05 Å². The Balaban J connectivity index is 1.60. The lowest BCUT2D eigenvalue weighted by molar-refractivity contribution is -0.121. The first-order valence-corrected chi connectivity index (χ1v) is 6.47. The van der Waals surface area contributed by atoms with Gasteiger partial charge in [-0.2, -0.15) is 0 Å². The first-order valence-electron chi connectivity index (χ1n) is 6.47. The molecule has 1 aliphatic heterocycles. The van der Waals surface area contributed by atoms with Crippen LogP contribution < -0.4 is 10.6 Å². The number of likely N-dealkylation sites (tertiary alicyclic amines) is 1. The Kier molecular flexibility index (Phi) is 4.18. The smallest absolute Gasteiger partial charge is 0.220 e. The van der Waals surface area contributed by atoms with Crippen molar-refractivity contribution in [1.82, 2.24) is 15.5 Å². The van der Waals surface area contributed by atoms with Gasteiger partial charge in [0.25, 0.3) is 0 Å². The van der Waals surface area contributed by atoms with E-state index in [0.29, 0.717) is 12.5 Å². The Hall–Kier alpha value is -0.610. The second kappa shape index (κ2) is 5.64. The fourth-order valence-corrected chi connectivity index (χ4v) is 2.40. The van der Waals surface area contributed by atoms with E-state index in [1.54, 1.807) is 0 Å². The van der Waals surface area contributed by atoms with Crippen LogP contribution in [0.4, 0.5) is 0 Å². The number of hydrogen-bond acceptors (Lipinski definition) is 3. The van der Waals surface area contributed by atoms with E-state index in [9.17, 15) is 4.79 Å². The van der Waals surface area contributed by atoms with Crippen molar-refractivity contribution in [3.05, 3.63) is 0 Å². The number of nitrogens with one attached hydrogen (secondary N) is 2. The van der Waals surface area contributed by atoms with Crippen molar-refractivity contribution < 1.29 is 4.79 Å². The van der Waals surface area contributed by atoms with Gasteiger partial charge in [0.2, 0.25) is 5.91 Å². The third-order valence-corrected chi connectivity index (χ3v) is 3.48. The first kappa shape index (κ1) is 11.9. The van der Waals surface area contributed by atoms with E-state index in [0.717, 1.165) is 32.0 Å². The van der Waals surface area contributed by atoms with E-state index in [1.165, 1.54) is 19.4 Å². The molecule has 2 aliphatic rings. The van der Waals surface area contributed by atoms with Gasteiger partial charge in [0.1, 0.15) is 0 Å². The van der Waals surface area contributed by atoms with Crippen LogP contribution in [0.5, 0.6) is 0 Å². The number of hydrogen-bond donors (Lipinski definition) is 2. The SMILES string of the molecule is CNCCCC(=O)NC1CCN(C2CC2)C1. The zero-order valence-corrected chi connectivity index (χ0v) is 10.2. The minimum atomic E-state index is 0.220. The van der Waals surface area contributed by atoms with E-state index in [2.05, 4.69) is 15.5 Å². The van der Waals surface area contributed by atoms with Crippen LogP contribution in [0.25, 0.3) is 0 Å². The van der Waals surface area contributed by atoms with Gasteiger partial charge < -0.3 is 10.6 Å². The maximum absolute atomic E-state index is 11.6. The summed E-state index contributed by atoms with van der Waals surface area (Å²) in [6.45, 7) is 3.17. The molecule has 0 aromatic carbocycles. The van der Waals surface area contributed by atoms with Gasteiger partial charge in [0, 0.05) is 31.6 Å². The van der Waals surface area contributed by atoms with E-state index < -0.39 is 0 Å². The summed E-state index contributed by atoms with van der Waals surface area (Å²) in [5.41, 5.74) is 0. The van der Waals surface area contributed by atoms with Crippen LogP contribution in [0.3, 0.4) is 0 Å². The van der Waals surface area contributed by atoms with Crippen LogP contribution in [-0.4, -0.2) is 49.6 Å². The summed E-state index contributed by atoms with van der Waals surface area (Å²) < 4.78 is 0. The molecule has 1 aliphatic carbocycles. The average Bonchev–Trinajstić information content (AvgIpc) is 3.01. The lowest BCUT2D eigenvalue weighted by Crippen LogP contribution is -2.37. The molecule has 0 aromatic rings. The van der Waals surface area contributed by atoms with Crippen molar-refractivity contribution in [1.29, 1.82) is 0 Å². The number of carbonyl (C=O) groups excluding carboxylic acids is 1. The van der Waals surface area contributed by atoms with Gasteiger partial charge in [-0.05, 0) is 39.3 Å². The molecule has 1 amide bonds. The summed E-state index contributed by atoms with van der Waals surface area (Å²) in [4.78, 5) is 14.1. The van der Waals surface area contributed by atoms with Gasteiger partial charge in [-0.1, -0.05) is 0 Å². The molecule has 2 rings (SSSR count). The lowest BCUT2D eigenvalue weighted by Gasteiger charge is -2.15. The van der Waals surface area contributed by atoms with Gasteiger partial charge in [-0.15, -0.1) is 0 Å². The highest BCUT2D eigenvalue weighted by atomic mass is 16.1. The second-order valence-electron chi connectivity index (χ2n) is 4.99. The van der Waals surface area contributed by atoms with Crippen molar-refractivity contribution in [3.8, 4) is 0 Å². The molecule has 0 bridgehead atoms. The van der Waals surface area contributed by atoms with Gasteiger partial charge in [-0.25, -0.2) is 0 Å². The number of rotatable bonds is 6. The lowest BCUT2D eigenvalue weighted by atomic mass is 10.2. The Morgan fingerprint density at radius 2 is 2.19 bits per heavy atom. The van der Waals surface area contributed by atoms with Crippen LogP contribution in [0.2, 0.25) is 0 Å². The Morgan fingerprint density at radius 3 is 2.88 bits per heavy atom. The summed E-state index contributed by atoms with van der Waals surface area (Å²) >= 11 is 0. The molecule has 2 fully saturated rings. The fourth-order valence-electron chi connectivity index (χ4n) is 2.40. The van der Waals surface area contributed by atoms with Crippen LogP contribution in [0, 0.1) is 0 Å². The van der Waals surface area contributed by atoms with E-state index >= 15 is 0 Å². The minimum Gasteiger partial charge on any atom is -0.352 e. The molecular weight excluding hydrogens is 202 g/mol. The Morgan fingerprint density at radius 1 is 1.38 bits per heavy atom. The molecule has 1 saturated heterocycles. The molecule has 0 spiro atoms. The van der Waals surface area contributed by atoms with Gasteiger partial charge in [0.05, 0.1) is 0 Å². The van der Waals surface area contributed by atoms with Crippen molar-refractivity contribution in [2.24, 2.45) is 0 Å². The normalized spacial score (nSPS) is 25.9. The maximum Gasteiger partial charge on any atom is 0.220 e. The molecule has 1 saturated carbocycles. The topological polar surface area (TPSA) is 44.4 Å².